The van der Waals surface area contributed by atoms with Crippen molar-refractivity contribution in [2.24, 2.45) is 0 Å². The van der Waals surface area contributed by atoms with E-state index in [4.69, 9.17) is 0 Å². The van der Waals surface area contributed by atoms with Crippen LogP contribution in [0.15, 0.2) is 42.0 Å². The van der Waals surface area contributed by atoms with Crippen LogP contribution >= 0.6 is 0 Å². The largest absolute Gasteiger partial charge is 0.0725 e. The van der Waals surface area contributed by atoms with Crippen LogP contribution in [0.25, 0.3) is 5.57 Å². The van der Waals surface area contributed by atoms with Crippen molar-refractivity contribution in [1.29, 1.82) is 0 Å². The molecule has 0 nitrogen and oxygen atoms in total. The van der Waals surface area contributed by atoms with Crippen LogP contribution in [-0.2, 0) is 5.41 Å². The van der Waals surface area contributed by atoms with Gasteiger partial charge in [0, 0.05) is 0 Å². The highest BCUT2D eigenvalue weighted by molar-refractivity contribution is 5.69. The lowest BCUT2D eigenvalue weighted by atomic mass is 9.75. The van der Waals surface area contributed by atoms with Gasteiger partial charge in [0.05, 0.1) is 0 Å². The fourth-order valence-corrected chi connectivity index (χ4v) is 2.63. The third-order valence-electron chi connectivity index (χ3n) is 3.42. The lowest BCUT2D eigenvalue weighted by molar-refractivity contribution is 0.518. The molecule has 0 heteroatoms. The molecule has 0 saturated heterocycles. The van der Waals surface area contributed by atoms with Crippen molar-refractivity contribution in [3.05, 3.63) is 53.1 Å². The molecule has 0 unspecified atom stereocenters. The minimum absolute atomic E-state index is 0.229. The van der Waals surface area contributed by atoms with Crippen molar-refractivity contribution in [2.75, 3.05) is 0 Å². The monoisotopic (exact) mass is 212 g/mol. The Morgan fingerprint density at radius 2 is 1.69 bits per heavy atom. The van der Waals surface area contributed by atoms with E-state index in [0.29, 0.717) is 0 Å². The molecule has 0 aromatic heterocycles. The van der Waals surface area contributed by atoms with E-state index in [1.807, 2.05) is 0 Å². The second kappa shape index (κ2) is 3.93. The van der Waals surface area contributed by atoms with Gasteiger partial charge in [-0.3, -0.25) is 0 Å². The molecule has 0 saturated carbocycles. The first-order chi connectivity index (χ1) is 7.50. The summed E-state index contributed by atoms with van der Waals surface area (Å²) in [6.07, 6.45) is 5.63. The van der Waals surface area contributed by atoms with Crippen LogP contribution < -0.4 is 0 Å². The first kappa shape index (κ1) is 11.2. The van der Waals surface area contributed by atoms with Gasteiger partial charge in [-0.2, -0.15) is 0 Å². The zero-order valence-electron chi connectivity index (χ0n) is 10.7. The Hall–Kier alpha value is -1.30. The van der Waals surface area contributed by atoms with Crippen LogP contribution in [-0.4, -0.2) is 0 Å². The van der Waals surface area contributed by atoms with Gasteiger partial charge in [-0.15, -0.1) is 0 Å². The van der Waals surface area contributed by atoms with Gasteiger partial charge in [0.2, 0.25) is 0 Å². The summed E-state index contributed by atoms with van der Waals surface area (Å²) in [4.78, 5) is 0. The van der Waals surface area contributed by atoms with Crippen molar-refractivity contribution in [2.45, 2.75) is 39.5 Å². The van der Waals surface area contributed by atoms with Gasteiger partial charge in [-0.05, 0) is 42.4 Å². The van der Waals surface area contributed by atoms with Crippen molar-refractivity contribution in [3.8, 4) is 0 Å². The highest BCUT2D eigenvalue weighted by Gasteiger charge is 2.24. The predicted octanol–water partition coefficient (Wildman–Crippen LogP) is 4.72. The molecule has 0 spiro atoms. The highest BCUT2D eigenvalue weighted by Crippen LogP contribution is 2.36. The summed E-state index contributed by atoms with van der Waals surface area (Å²) in [5.74, 6) is 0. The Morgan fingerprint density at radius 3 is 2.44 bits per heavy atom. The first-order valence-corrected chi connectivity index (χ1v) is 5.95. The van der Waals surface area contributed by atoms with Gasteiger partial charge in [0.15, 0.2) is 0 Å². The molecule has 0 radical (unpaired) electrons. The molecule has 2 rings (SSSR count). The maximum Gasteiger partial charge on any atom is -0.00604 e. The van der Waals surface area contributed by atoms with E-state index in [9.17, 15) is 0 Å². The lowest BCUT2D eigenvalue weighted by Crippen LogP contribution is -2.20. The van der Waals surface area contributed by atoms with E-state index in [2.05, 4.69) is 64.1 Å². The van der Waals surface area contributed by atoms with E-state index in [0.717, 1.165) is 6.42 Å². The summed E-state index contributed by atoms with van der Waals surface area (Å²) >= 11 is 0. The van der Waals surface area contributed by atoms with Gasteiger partial charge >= 0.3 is 0 Å². The first-order valence-electron chi connectivity index (χ1n) is 5.95. The zero-order valence-corrected chi connectivity index (χ0v) is 10.7. The van der Waals surface area contributed by atoms with Gasteiger partial charge in [0.1, 0.15) is 0 Å². The number of hydrogen-bond donors (Lipinski definition) is 0. The summed E-state index contributed by atoms with van der Waals surface area (Å²) in [7, 11) is 0. The number of rotatable bonds is 0. The Morgan fingerprint density at radius 1 is 1.00 bits per heavy atom. The molecule has 84 valence electrons. The summed E-state index contributed by atoms with van der Waals surface area (Å²) in [6.45, 7) is 9.09. The maximum absolute atomic E-state index is 2.34. The van der Waals surface area contributed by atoms with E-state index < -0.39 is 0 Å². The third kappa shape index (κ3) is 1.97. The average Bonchev–Trinajstić information content (AvgIpc) is 2.24. The molecule has 0 aliphatic heterocycles. The number of benzene rings is 1. The summed E-state index contributed by atoms with van der Waals surface area (Å²) in [5, 5.41) is 0. The van der Waals surface area contributed by atoms with Gasteiger partial charge < -0.3 is 0 Å². The average molecular weight is 212 g/mol. The van der Waals surface area contributed by atoms with Gasteiger partial charge in [-0.1, -0.05) is 55.8 Å². The Kier molecular flexibility index (Phi) is 2.75. The zero-order chi connectivity index (χ0) is 11.8. The molecule has 0 fully saturated rings. The summed E-state index contributed by atoms with van der Waals surface area (Å²) in [5.41, 5.74) is 5.92. The number of hydrogen-bond acceptors (Lipinski definition) is 0. The van der Waals surface area contributed by atoms with Crippen molar-refractivity contribution in [1.82, 2.24) is 0 Å². The second-order valence-electron chi connectivity index (χ2n) is 5.47. The molecule has 1 aromatic carbocycles. The van der Waals surface area contributed by atoms with E-state index in [-0.39, 0.29) is 5.41 Å². The Balaban J connectivity index is 2.66. The minimum atomic E-state index is 0.229. The third-order valence-corrected chi connectivity index (χ3v) is 3.42. The SMILES string of the molecule is CC1=CC=C(C)c2ccccc2C(C)(C)C1. The molecular formula is C16H20. The van der Waals surface area contributed by atoms with Crippen molar-refractivity contribution < 1.29 is 0 Å². The molecule has 0 bridgehead atoms. The molecule has 1 aliphatic rings. The quantitative estimate of drug-likeness (QED) is 0.584. The van der Waals surface area contributed by atoms with Gasteiger partial charge in [0.25, 0.3) is 0 Å². The van der Waals surface area contributed by atoms with Crippen LogP contribution in [0.4, 0.5) is 0 Å². The van der Waals surface area contributed by atoms with E-state index in [1.54, 1.807) is 0 Å². The Labute approximate surface area is 98.7 Å². The topological polar surface area (TPSA) is 0 Å². The number of allylic oxidation sites excluding steroid dienone is 4. The van der Waals surface area contributed by atoms with Crippen LogP contribution in [0.1, 0.15) is 45.2 Å². The molecule has 1 aliphatic carbocycles. The van der Waals surface area contributed by atoms with Gasteiger partial charge in [-0.25, -0.2) is 0 Å². The normalized spacial score (nSPS) is 19.0. The molecule has 0 N–H and O–H groups in total. The molecular weight excluding hydrogens is 192 g/mol. The maximum atomic E-state index is 2.34. The van der Waals surface area contributed by atoms with E-state index >= 15 is 0 Å². The highest BCUT2D eigenvalue weighted by atomic mass is 14.3. The van der Waals surface area contributed by atoms with Crippen LogP contribution in [0.2, 0.25) is 0 Å². The summed E-state index contributed by atoms with van der Waals surface area (Å²) in [6, 6.07) is 8.78. The Bertz CT molecular complexity index is 459. The summed E-state index contributed by atoms with van der Waals surface area (Å²) < 4.78 is 0. The van der Waals surface area contributed by atoms with Crippen LogP contribution in [0.5, 0.6) is 0 Å². The molecule has 0 atom stereocenters. The minimum Gasteiger partial charge on any atom is -0.0725 e. The van der Waals surface area contributed by atoms with Crippen molar-refractivity contribution >= 4 is 5.57 Å². The van der Waals surface area contributed by atoms with Crippen LogP contribution in [0, 0.1) is 0 Å². The smallest absolute Gasteiger partial charge is 0.00604 e. The van der Waals surface area contributed by atoms with Crippen molar-refractivity contribution in [3.63, 3.8) is 0 Å². The fourth-order valence-electron chi connectivity index (χ4n) is 2.63. The van der Waals surface area contributed by atoms with Crippen LogP contribution in [0.3, 0.4) is 0 Å². The second-order valence-corrected chi connectivity index (χ2v) is 5.47. The molecule has 1 aromatic rings. The molecule has 0 amide bonds. The standard InChI is InChI=1S/C16H20/c1-12-9-10-13(2)14-7-5-6-8-15(14)16(3,4)11-12/h5-10H,11H2,1-4H3. The molecule has 0 heterocycles. The molecule has 16 heavy (non-hydrogen) atoms. The lowest BCUT2D eigenvalue weighted by Gasteiger charge is -2.30. The fraction of sp³-hybridized carbons (Fsp3) is 0.375. The number of fused-ring (bicyclic) bond motifs is 1. The van der Waals surface area contributed by atoms with E-state index in [1.165, 1.54) is 22.3 Å². The predicted molar refractivity (Wildman–Crippen MR) is 71.5 cm³/mol.